The zero-order valence-corrected chi connectivity index (χ0v) is 11.6. The van der Waals surface area contributed by atoms with Crippen LogP contribution in [0.15, 0.2) is 30.6 Å². The smallest absolute Gasteiger partial charge is 0.0568 e. The summed E-state index contributed by atoms with van der Waals surface area (Å²) in [6.07, 6.45) is 3.98. The zero-order chi connectivity index (χ0) is 13.1. The molecule has 96 valence electrons. The average Bonchev–Trinajstić information content (AvgIpc) is 2.74. The Morgan fingerprint density at radius 1 is 1.33 bits per heavy atom. The molecule has 3 heteroatoms. The molecule has 0 amide bonds. The molecule has 0 saturated heterocycles. The van der Waals surface area contributed by atoms with E-state index in [9.17, 15) is 0 Å². The Kier molecular flexibility index (Phi) is 3.82. The van der Waals surface area contributed by atoms with Gasteiger partial charge in [-0.2, -0.15) is 5.10 Å². The van der Waals surface area contributed by atoms with Crippen LogP contribution >= 0.6 is 0 Å². The standard InChI is InChI=1S/C15H21N3/c1-11(2)16-8-13-6-5-12(3)15(7-13)14-9-17-18(4)10-14/h5-7,9-11,16H,8H2,1-4H3. The first-order valence-corrected chi connectivity index (χ1v) is 6.38. The molecule has 0 atom stereocenters. The number of aryl methyl sites for hydroxylation is 2. The van der Waals surface area contributed by atoms with Crippen molar-refractivity contribution in [1.82, 2.24) is 15.1 Å². The fraction of sp³-hybridized carbons (Fsp3) is 0.400. The van der Waals surface area contributed by atoms with E-state index in [1.165, 1.54) is 22.3 Å². The molecule has 2 aromatic rings. The summed E-state index contributed by atoms with van der Waals surface area (Å²) in [5.74, 6) is 0. The molecule has 1 N–H and O–H groups in total. The minimum Gasteiger partial charge on any atom is -0.310 e. The Balaban J connectivity index is 2.27. The van der Waals surface area contributed by atoms with Gasteiger partial charge in [0.1, 0.15) is 0 Å². The zero-order valence-electron chi connectivity index (χ0n) is 11.6. The van der Waals surface area contributed by atoms with Crippen LogP contribution in [0.25, 0.3) is 11.1 Å². The van der Waals surface area contributed by atoms with Gasteiger partial charge in [-0.1, -0.05) is 26.0 Å². The fourth-order valence-electron chi connectivity index (χ4n) is 1.97. The molecular weight excluding hydrogens is 222 g/mol. The predicted octanol–water partition coefficient (Wildman–Crippen LogP) is 2.89. The third-order valence-corrected chi connectivity index (χ3v) is 3.03. The van der Waals surface area contributed by atoms with Crippen LogP contribution < -0.4 is 5.32 Å². The molecule has 1 heterocycles. The summed E-state index contributed by atoms with van der Waals surface area (Å²) in [5, 5.41) is 7.68. The van der Waals surface area contributed by atoms with E-state index in [1.54, 1.807) is 0 Å². The van der Waals surface area contributed by atoms with Crippen LogP contribution in [-0.2, 0) is 13.6 Å². The van der Waals surface area contributed by atoms with Crippen LogP contribution in [0.2, 0.25) is 0 Å². The highest BCUT2D eigenvalue weighted by Gasteiger charge is 2.05. The molecule has 0 saturated carbocycles. The minimum absolute atomic E-state index is 0.508. The Morgan fingerprint density at radius 3 is 2.72 bits per heavy atom. The first-order chi connectivity index (χ1) is 8.56. The van der Waals surface area contributed by atoms with Crippen LogP contribution in [0.3, 0.4) is 0 Å². The lowest BCUT2D eigenvalue weighted by atomic mass is 10.0. The topological polar surface area (TPSA) is 29.9 Å². The molecule has 0 unspecified atom stereocenters. The van der Waals surface area contributed by atoms with Gasteiger partial charge in [-0.15, -0.1) is 0 Å². The quantitative estimate of drug-likeness (QED) is 0.895. The van der Waals surface area contributed by atoms with Crippen LogP contribution in [-0.4, -0.2) is 15.8 Å². The molecule has 0 spiro atoms. The second-order valence-electron chi connectivity index (χ2n) is 5.09. The van der Waals surface area contributed by atoms with Gasteiger partial charge in [0.25, 0.3) is 0 Å². The molecule has 1 aromatic carbocycles. The van der Waals surface area contributed by atoms with E-state index < -0.39 is 0 Å². The SMILES string of the molecule is Cc1ccc(CNC(C)C)cc1-c1cnn(C)c1. The second kappa shape index (κ2) is 5.36. The lowest BCUT2D eigenvalue weighted by Gasteiger charge is -2.10. The Labute approximate surface area is 109 Å². The van der Waals surface area contributed by atoms with Gasteiger partial charge in [0.15, 0.2) is 0 Å². The van der Waals surface area contributed by atoms with Crippen molar-refractivity contribution in [3.8, 4) is 11.1 Å². The van der Waals surface area contributed by atoms with E-state index in [1.807, 2.05) is 17.9 Å². The first-order valence-electron chi connectivity index (χ1n) is 6.38. The van der Waals surface area contributed by atoms with Gasteiger partial charge in [0.05, 0.1) is 6.20 Å². The van der Waals surface area contributed by atoms with Gasteiger partial charge in [-0.05, 0) is 29.7 Å². The van der Waals surface area contributed by atoms with Crippen molar-refractivity contribution in [3.63, 3.8) is 0 Å². The summed E-state index contributed by atoms with van der Waals surface area (Å²) >= 11 is 0. The van der Waals surface area contributed by atoms with E-state index in [2.05, 4.69) is 55.6 Å². The van der Waals surface area contributed by atoms with Gasteiger partial charge in [-0.3, -0.25) is 4.68 Å². The average molecular weight is 243 g/mol. The summed E-state index contributed by atoms with van der Waals surface area (Å²) < 4.78 is 1.84. The number of rotatable bonds is 4. The molecule has 0 aliphatic heterocycles. The van der Waals surface area contributed by atoms with Crippen molar-refractivity contribution in [2.24, 2.45) is 7.05 Å². The monoisotopic (exact) mass is 243 g/mol. The molecule has 0 aliphatic rings. The summed E-state index contributed by atoms with van der Waals surface area (Å²) in [7, 11) is 1.95. The first kappa shape index (κ1) is 12.8. The molecule has 1 aromatic heterocycles. The molecule has 2 rings (SSSR count). The Hall–Kier alpha value is -1.61. The maximum atomic E-state index is 4.24. The highest BCUT2D eigenvalue weighted by Crippen LogP contribution is 2.24. The van der Waals surface area contributed by atoms with Crippen molar-refractivity contribution >= 4 is 0 Å². The van der Waals surface area contributed by atoms with Crippen LogP contribution in [0, 0.1) is 6.92 Å². The van der Waals surface area contributed by atoms with Crippen LogP contribution in [0.5, 0.6) is 0 Å². The fourth-order valence-corrected chi connectivity index (χ4v) is 1.97. The minimum atomic E-state index is 0.508. The number of hydrogen-bond donors (Lipinski definition) is 1. The Morgan fingerprint density at radius 2 is 2.11 bits per heavy atom. The maximum absolute atomic E-state index is 4.24. The van der Waals surface area contributed by atoms with Gasteiger partial charge in [-0.25, -0.2) is 0 Å². The number of hydrogen-bond acceptors (Lipinski definition) is 2. The van der Waals surface area contributed by atoms with E-state index in [0.29, 0.717) is 6.04 Å². The summed E-state index contributed by atoms with van der Waals surface area (Å²) in [5.41, 5.74) is 5.05. The van der Waals surface area contributed by atoms with Crippen LogP contribution in [0.4, 0.5) is 0 Å². The van der Waals surface area contributed by atoms with E-state index >= 15 is 0 Å². The molecule has 0 radical (unpaired) electrons. The van der Waals surface area contributed by atoms with Crippen molar-refractivity contribution < 1.29 is 0 Å². The molecule has 3 nitrogen and oxygen atoms in total. The molecule has 18 heavy (non-hydrogen) atoms. The normalized spacial score (nSPS) is 11.2. The summed E-state index contributed by atoms with van der Waals surface area (Å²) in [6.45, 7) is 7.37. The molecule has 0 bridgehead atoms. The van der Waals surface area contributed by atoms with Crippen molar-refractivity contribution in [1.29, 1.82) is 0 Å². The highest BCUT2D eigenvalue weighted by atomic mass is 15.2. The van der Waals surface area contributed by atoms with E-state index in [4.69, 9.17) is 0 Å². The number of nitrogens with zero attached hydrogens (tertiary/aromatic N) is 2. The summed E-state index contributed by atoms with van der Waals surface area (Å²) in [4.78, 5) is 0. The van der Waals surface area contributed by atoms with Gasteiger partial charge in [0, 0.05) is 31.4 Å². The predicted molar refractivity (Wildman–Crippen MR) is 75.4 cm³/mol. The Bertz CT molecular complexity index is 526. The van der Waals surface area contributed by atoms with Crippen molar-refractivity contribution in [2.45, 2.75) is 33.4 Å². The van der Waals surface area contributed by atoms with Crippen molar-refractivity contribution in [2.75, 3.05) is 0 Å². The molecular formula is C15H21N3. The van der Waals surface area contributed by atoms with Crippen molar-refractivity contribution in [3.05, 3.63) is 41.7 Å². The highest BCUT2D eigenvalue weighted by molar-refractivity contribution is 5.66. The number of nitrogens with one attached hydrogen (secondary N) is 1. The third kappa shape index (κ3) is 2.99. The second-order valence-corrected chi connectivity index (χ2v) is 5.09. The van der Waals surface area contributed by atoms with E-state index in [0.717, 1.165) is 6.54 Å². The van der Waals surface area contributed by atoms with E-state index in [-0.39, 0.29) is 0 Å². The molecule has 0 aliphatic carbocycles. The van der Waals surface area contributed by atoms with Gasteiger partial charge < -0.3 is 5.32 Å². The number of aromatic nitrogens is 2. The van der Waals surface area contributed by atoms with Gasteiger partial charge in [0.2, 0.25) is 0 Å². The number of benzene rings is 1. The maximum Gasteiger partial charge on any atom is 0.0568 e. The lowest BCUT2D eigenvalue weighted by Crippen LogP contribution is -2.21. The lowest BCUT2D eigenvalue weighted by molar-refractivity contribution is 0.589. The third-order valence-electron chi connectivity index (χ3n) is 3.03. The summed E-state index contributed by atoms with van der Waals surface area (Å²) in [6, 6.07) is 7.12. The molecule has 0 fully saturated rings. The van der Waals surface area contributed by atoms with Crippen LogP contribution in [0.1, 0.15) is 25.0 Å². The largest absolute Gasteiger partial charge is 0.310 e. The van der Waals surface area contributed by atoms with Gasteiger partial charge >= 0.3 is 0 Å².